The third kappa shape index (κ3) is 3.70. The van der Waals surface area contributed by atoms with Crippen molar-refractivity contribution >= 4 is 44.5 Å². The van der Waals surface area contributed by atoms with Gasteiger partial charge in [-0.3, -0.25) is 4.79 Å². The lowest BCUT2D eigenvalue weighted by atomic mass is 10.1. The second kappa shape index (κ2) is 8.26. The fourth-order valence-corrected chi connectivity index (χ4v) is 4.77. The minimum Gasteiger partial charge on any atom is -0.347 e. The smallest absolute Gasteiger partial charge is 0.270 e. The van der Waals surface area contributed by atoms with Crippen molar-refractivity contribution in [2.24, 2.45) is 0 Å². The molecule has 1 aromatic carbocycles. The van der Waals surface area contributed by atoms with Crippen LogP contribution in [0.4, 0.5) is 26.2 Å². The lowest BCUT2D eigenvalue weighted by molar-refractivity contribution is -0.116. The molecular formula is C23H20FN7OS. The maximum absolute atomic E-state index is 13.4. The van der Waals surface area contributed by atoms with Gasteiger partial charge in [0, 0.05) is 20.0 Å². The minimum absolute atomic E-state index is 0.205. The normalized spacial score (nSPS) is 13.6. The highest BCUT2D eigenvalue weighted by atomic mass is 32.1. The summed E-state index contributed by atoms with van der Waals surface area (Å²) in [5.74, 6) is 1.35. The first-order valence-electron chi connectivity index (χ1n) is 10.5. The molecule has 1 aliphatic rings. The molecule has 0 N–H and O–H groups in total. The van der Waals surface area contributed by atoms with Gasteiger partial charge >= 0.3 is 0 Å². The lowest BCUT2D eigenvalue weighted by Gasteiger charge is -2.19. The van der Waals surface area contributed by atoms with Gasteiger partial charge < -0.3 is 9.80 Å². The molecule has 5 rings (SSSR count). The molecule has 4 aromatic rings. The number of hydrogen-bond donors (Lipinski definition) is 0. The molecule has 3 aromatic heterocycles. The van der Waals surface area contributed by atoms with E-state index >= 15 is 0 Å². The average Bonchev–Trinajstić information content (AvgIpc) is 3.54. The summed E-state index contributed by atoms with van der Waals surface area (Å²) in [5, 5.41) is 5.83. The molecule has 0 spiro atoms. The van der Waals surface area contributed by atoms with Crippen molar-refractivity contribution < 1.29 is 9.18 Å². The number of aromatic nitrogens is 4. The van der Waals surface area contributed by atoms with Crippen molar-refractivity contribution in [3.8, 4) is 11.3 Å². The first-order valence-corrected chi connectivity index (χ1v) is 11.3. The number of carbonyl (C=O) groups is 1. The van der Waals surface area contributed by atoms with Gasteiger partial charge in [-0.15, -0.1) is 16.4 Å². The number of ketones is 1. The molecule has 1 aliphatic heterocycles. The predicted octanol–water partition coefficient (Wildman–Crippen LogP) is 4.65. The molecule has 0 amide bonds. The van der Waals surface area contributed by atoms with Crippen LogP contribution in [0, 0.1) is 12.4 Å². The molecule has 1 saturated heterocycles. The molecule has 10 heteroatoms. The first kappa shape index (κ1) is 21.0. The van der Waals surface area contributed by atoms with Crippen LogP contribution < -0.4 is 9.80 Å². The van der Waals surface area contributed by atoms with Crippen LogP contribution in [0.25, 0.3) is 21.7 Å². The van der Waals surface area contributed by atoms with E-state index in [0.29, 0.717) is 53.0 Å². The quantitative estimate of drug-likeness (QED) is 0.403. The highest BCUT2D eigenvalue weighted by molar-refractivity contribution is 7.20. The Morgan fingerprint density at radius 1 is 1.21 bits per heavy atom. The number of benzene rings is 1. The van der Waals surface area contributed by atoms with Crippen molar-refractivity contribution in [1.82, 2.24) is 19.6 Å². The number of imidazole rings is 1. The van der Waals surface area contributed by atoms with Crippen molar-refractivity contribution in [3.63, 3.8) is 0 Å². The van der Waals surface area contributed by atoms with Gasteiger partial charge in [0.05, 0.1) is 24.5 Å². The average molecular weight is 462 g/mol. The second-order valence-electron chi connectivity index (χ2n) is 7.74. The maximum Gasteiger partial charge on any atom is 0.270 e. The fraction of sp³-hybridized carbons (Fsp3) is 0.261. The van der Waals surface area contributed by atoms with Gasteiger partial charge in [-0.1, -0.05) is 19.1 Å². The van der Waals surface area contributed by atoms with Gasteiger partial charge in [0.15, 0.2) is 22.4 Å². The van der Waals surface area contributed by atoms with E-state index in [1.54, 1.807) is 16.6 Å². The van der Waals surface area contributed by atoms with Crippen LogP contribution in [0.3, 0.4) is 0 Å². The minimum atomic E-state index is -0.337. The Balaban J connectivity index is 1.59. The molecule has 0 unspecified atom stereocenters. The Morgan fingerprint density at radius 2 is 2.00 bits per heavy atom. The van der Waals surface area contributed by atoms with Gasteiger partial charge in [0.25, 0.3) is 5.00 Å². The Bertz CT molecular complexity index is 1400. The molecule has 0 saturated carbocycles. The summed E-state index contributed by atoms with van der Waals surface area (Å²) in [7, 11) is 1.87. The van der Waals surface area contributed by atoms with Crippen LogP contribution in [-0.2, 0) is 11.2 Å². The number of fused-ring (bicyclic) bond motifs is 1. The van der Waals surface area contributed by atoms with E-state index in [2.05, 4.69) is 4.85 Å². The number of Topliss-reactive ketones (excluding diaryl/α,β-unsaturated/α-hetero) is 1. The standard InChI is InChI=1S/C23H20FN7OS/c1-4-17-22(31-18(26-17)9-10-19(28-31)30-12-11-16(32)13-30)29(3)23-27-20(21(25-2)33-23)14-5-7-15(24)8-6-14/h5-10H,4,11-13H2,1,3H3. The summed E-state index contributed by atoms with van der Waals surface area (Å²) in [5.41, 5.74) is 2.76. The number of hydrogen-bond acceptors (Lipinski definition) is 7. The Labute approximate surface area is 193 Å². The van der Waals surface area contributed by atoms with E-state index in [-0.39, 0.29) is 11.6 Å². The molecule has 33 heavy (non-hydrogen) atoms. The van der Waals surface area contributed by atoms with Gasteiger partial charge in [-0.2, -0.15) is 4.52 Å². The predicted molar refractivity (Wildman–Crippen MR) is 126 cm³/mol. The largest absolute Gasteiger partial charge is 0.347 e. The fourth-order valence-electron chi connectivity index (χ4n) is 3.93. The SMILES string of the molecule is [C-]#[N+]c1sc(N(C)c2c(CC)nc3ccc(N4CCC(=O)C4)nn23)nc1-c1ccc(F)cc1. The molecule has 4 heterocycles. The third-order valence-corrected chi connectivity index (χ3v) is 6.64. The van der Waals surface area contributed by atoms with E-state index in [4.69, 9.17) is 21.6 Å². The van der Waals surface area contributed by atoms with Crippen molar-refractivity contribution in [1.29, 1.82) is 0 Å². The Kier molecular flexibility index (Phi) is 5.26. The van der Waals surface area contributed by atoms with Gasteiger partial charge in [-0.05, 0) is 36.2 Å². The molecule has 0 bridgehead atoms. The van der Waals surface area contributed by atoms with Crippen molar-refractivity contribution in [2.45, 2.75) is 19.8 Å². The Morgan fingerprint density at radius 3 is 2.67 bits per heavy atom. The molecule has 0 radical (unpaired) electrons. The summed E-state index contributed by atoms with van der Waals surface area (Å²) in [6.07, 6.45) is 1.22. The first-order chi connectivity index (χ1) is 16.0. The molecular weight excluding hydrogens is 441 g/mol. The van der Waals surface area contributed by atoms with E-state index in [1.807, 2.05) is 35.9 Å². The van der Waals surface area contributed by atoms with Crippen LogP contribution in [0.2, 0.25) is 0 Å². The summed E-state index contributed by atoms with van der Waals surface area (Å²) in [6, 6.07) is 9.76. The zero-order valence-corrected chi connectivity index (χ0v) is 18.9. The molecule has 1 fully saturated rings. The highest BCUT2D eigenvalue weighted by Gasteiger charge is 2.25. The van der Waals surface area contributed by atoms with Crippen LogP contribution in [0.15, 0.2) is 36.4 Å². The maximum atomic E-state index is 13.4. The molecule has 8 nitrogen and oxygen atoms in total. The Hall–Kier alpha value is -3.84. The number of rotatable bonds is 5. The van der Waals surface area contributed by atoms with E-state index in [1.165, 1.54) is 23.5 Å². The zero-order valence-electron chi connectivity index (χ0n) is 18.1. The number of thiazole rings is 1. The van der Waals surface area contributed by atoms with E-state index < -0.39 is 0 Å². The number of nitrogens with zero attached hydrogens (tertiary/aromatic N) is 7. The molecule has 166 valence electrons. The summed E-state index contributed by atoms with van der Waals surface area (Å²) < 4.78 is 15.1. The van der Waals surface area contributed by atoms with Crippen LogP contribution in [0.5, 0.6) is 0 Å². The topological polar surface area (TPSA) is 71.0 Å². The lowest BCUT2D eigenvalue weighted by Crippen LogP contribution is -2.22. The summed E-state index contributed by atoms with van der Waals surface area (Å²) in [4.78, 5) is 28.7. The van der Waals surface area contributed by atoms with E-state index in [0.717, 1.165) is 17.3 Å². The summed E-state index contributed by atoms with van der Waals surface area (Å²) >= 11 is 1.27. The van der Waals surface area contributed by atoms with Gasteiger partial charge in [0.1, 0.15) is 11.6 Å². The summed E-state index contributed by atoms with van der Waals surface area (Å²) in [6.45, 7) is 10.6. The zero-order chi connectivity index (χ0) is 23.1. The van der Waals surface area contributed by atoms with Gasteiger partial charge in [-0.25, -0.2) is 19.2 Å². The van der Waals surface area contributed by atoms with Crippen LogP contribution >= 0.6 is 11.3 Å². The van der Waals surface area contributed by atoms with Crippen molar-refractivity contribution in [2.75, 3.05) is 29.9 Å². The number of aryl methyl sites for hydroxylation is 1. The van der Waals surface area contributed by atoms with Gasteiger partial charge in [0.2, 0.25) is 0 Å². The number of halogens is 1. The molecule has 0 aliphatic carbocycles. The number of anilines is 3. The van der Waals surface area contributed by atoms with Crippen LogP contribution in [-0.4, -0.2) is 45.5 Å². The van der Waals surface area contributed by atoms with Crippen molar-refractivity contribution in [3.05, 3.63) is 59.3 Å². The second-order valence-corrected chi connectivity index (χ2v) is 8.69. The monoisotopic (exact) mass is 461 g/mol. The third-order valence-electron chi connectivity index (χ3n) is 5.62. The molecule has 0 atom stereocenters. The van der Waals surface area contributed by atoms with E-state index in [9.17, 15) is 9.18 Å². The highest BCUT2D eigenvalue weighted by Crippen LogP contribution is 2.42. The van der Waals surface area contributed by atoms with Crippen LogP contribution in [0.1, 0.15) is 19.0 Å². The number of carbonyl (C=O) groups excluding carboxylic acids is 1.